The van der Waals surface area contributed by atoms with Crippen molar-refractivity contribution in [1.82, 2.24) is 5.32 Å². The molecule has 0 radical (unpaired) electrons. The maximum Gasteiger partial charge on any atom is 0.0587 e. The van der Waals surface area contributed by atoms with E-state index in [1.165, 1.54) is 23.2 Å². The lowest BCUT2D eigenvalue weighted by molar-refractivity contribution is 0.199. The van der Waals surface area contributed by atoms with E-state index in [1.807, 2.05) is 0 Å². The summed E-state index contributed by atoms with van der Waals surface area (Å²) in [6, 6.07) is 6.75. The molecule has 0 bridgehead atoms. The van der Waals surface area contributed by atoms with E-state index < -0.39 is 0 Å². The fourth-order valence-electron chi connectivity index (χ4n) is 2.05. The molecule has 0 unspecified atom stereocenters. The molecule has 88 valence electrons. The van der Waals surface area contributed by atoms with Crippen LogP contribution >= 0.6 is 0 Å². The average molecular weight is 220 g/mol. The van der Waals surface area contributed by atoms with E-state index in [1.54, 1.807) is 7.11 Å². The van der Waals surface area contributed by atoms with Gasteiger partial charge in [-0.25, -0.2) is 0 Å². The Labute approximate surface area is 97.2 Å². The van der Waals surface area contributed by atoms with Gasteiger partial charge in [0.25, 0.3) is 0 Å². The van der Waals surface area contributed by atoms with Gasteiger partial charge in [-0.2, -0.15) is 0 Å². The van der Waals surface area contributed by atoms with Gasteiger partial charge in [0.1, 0.15) is 0 Å². The minimum absolute atomic E-state index is 0.786. The third-order valence-electron chi connectivity index (χ3n) is 2.95. The Bertz CT molecular complexity index is 339. The summed E-state index contributed by atoms with van der Waals surface area (Å²) < 4.78 is 4.98. The van der Waals surface area contributed by atoms with Gasteiger partial charge >= 0.3 is 0 Å². The fraction of sp³-hybridized carbons (Fsp3) is 0.538. The molecule has 1 aliphatic rings. The minimum atomic E-state index is 0.786. The zero-order valence-electron chi connectivity index (χ0n) is 9.88. The fourth-order valence-corrected chi connectivity index (χ4v) is 2.05. The van der Waals surface area contributed by atoms with Crippen LogP contribution in [0.1, 0.15) is 11.1 Å². The predicted molar refractivity (Wildman–Crippen MR) is 67.1 cm³/mol. The number of fused-ring (bicyclic) bond motifs is 1. The van der Waals surface area contributed by atoms with Gasteiger partial charge in [0.05, 0.1) is 6.61 Å². The number of methoxy groups -OCH3 is 1. The first-order valence-electron chi connectivity index (χ1n) is 5.95. The summed E-state index contributed by atoms with van der Waals surface area (Å²) in [5, 5.41) is 6.74. The average Bonchev–Trinajstić information content (AvgIpc) is 2.76. The molecular weight excluding hydrogens is 200 g/mol. The monoisotopic (exact) mass is 220 g/mol. The highest BCUT2D eigenvalue weighted by Gasteiger charge is 2.09. The van der Waals surface area contributed by atoms with E-state index in [0.717, 1.165) is 32.7 Å². The Balaban J connectivity index is 1.77. The van der Waals surface area contributed by atoms with E-state index in [9.17, 15) is 0 Å². The van der Waals surface area contributed by atoms with E-state index in [4.69, 9.17) is 4.74 Å². The largest absolute Gasteiger partial charge is 0.384 e. The Kier molecular flexibility index (Phi) is 4.19. The van der Waals surface area contributed by atoms with Crippen LogP contribution in [0.3, 0.4) is 0 Å². The molecule has 2 rings (SSSR count). The Morgan fingerprint density at radius 2 is 2.31 bits per heavy atom. The van der Waals surface area contributed by atoms with E-state index in [0.29, 0.717) is 0 Å². The van der Waals surface area contributed by atoms with Gasteiger partial charge in [0, 0.05) is 25.9 Å². The van der Waals surface area contributed by atoms with Gasteiger partial charge in [-0.15, -0.1) is 0 Å². The molecule has 0 saturated carbocycles. The van der Waals surface area contributed by atoms with Crippen LogP contribution in [0.25, 0.3) is 0 Å². The lowest BCUT2D eigenvalue weighted by atomic mass is 10.1. The lowest BCUT2D eigenvalue weighted by Gasteiger charge is -2.06. The molecule has 16 heavy (non-hydrogen) atoms. The predicted octanol–water partition coefficient (Wildman–Crippen LogP) is 1.43. The molecule has 0 aromatic heterocycles. The van der Waals surface area contributed by atoms with Crippen molar-refractivity contribution in [2.24, 2.45) is 0 Å². The van der Waals surface area contributed by atoms with Crippen molar-refractivity contribution < 1.29 is 4.74 Å². The van der Waals surface area contributed by atoms with Crippen molar-refractivity contribution >= 4 is 5.69 Å². The molecule has 1 aliphatic heterocycles. The van der Waals surface area contributed by atoms with Crippen LogP contribution in [0, 0.1) is 0 Å². The summed E-state index contributed by atoms with van der Waals surface area (Å²) >= 11 is 0. The molecule has 2 N–H and O–H groups in total. The summed E-state index contributed by atoms with van der Waals surface area (Å²) in [5.74, 6) is 0. The summed E-state index contributed by atoms with van der Waals surface area (Å²) in [4.78, 5) is 0. The first-order valence-corrected chi connectivity index (χ1v) is 5.95. The molecule has 0 fully saturated rings. The second kappa shape index (κ2) is 5.87. The maximum atomic E-state index is 4.98. The molecular formula is C13H20N2O. The highest BCUT2D eigenvalue weighted by Crippen LogP contribution is 2.22. The molecule has 0 spiro atoms. The van der Waals surface area contributed by atoms with Crippen LogP contribution in [0.2, 0.25) is 0 Å². The number of ether oxygens (including phenoxy) is 1. The molecule has 3 heteroatoms. The van der Waals surface area contributed by atoms with E-state index >= 15 is 0 Å². The molecule has 1 aromatic carbocycles. The van der Waals surface area contributed by atoms with Crippen LogP contribution < -0.4 is 10.6 Å². The van der Waals surface area contributed by atoms with E-state index in [2.05, 4.69) is 28.8 Å². The van der Waals surface area contributed by atoms with Crippen LogP contribution in [0.5, 0.6) is 0 Å². The first kappa shape index (κ1) is 11.4. The zero-order chi connectivity index (χ0) is 11.2. The van der Waals surface area contributed by atoms with Crippen LogP contribution in [-0.2, 0) is 17.6 Å². The van der Waals surface area contributed by atoms with Crippen LogP contribution in [0.4, 0.5) is 5.69 Å². The highest BCUT2D eigenvalue weighted by atomic mass is 16.5. The summed E-state index contributed by atoms with van der Waals surface area (Å²) in [5.41, 5.74) is 4.21. The Morgan fingerprint density at radius 1 is 1.38 bits per heavy atom. The van der Waals surface area contributed by atoms with Crippen LogP contribution in [0.15, 0.2) is 18.2 Å². The van der Waals surface area contributed by atoms with E-state index in [-0.39, 0.29) is 0 Å². The van der Waals surface area contributed by atoms with Gasteiger partial charge in [-0.05, 0) is 36.6 Å². The normalized spacial score (nSPS) is 13.6. The number of hydrogen-bond acceptors (Lipinski definition) is 3. The third kappa shape index (κ3) is 2.97. The Hall–Kier alpha value is -1.06. The number of nitrogens with one attached hydrogen (secondary N) is 2. The Morgan fingerprint density at radius 3 is 3.19 bits per heavy atom. The number of benzene rings is 1. The van der Waals surface area contributed by atoms with Crippen molar-refractivity contribution in [3.63, 3.8) is 0 Å². The number of hydrogen-bond donors (Lipinski definition) is 2. The van der Waals surface area contributed by atoms with Crippen molar-refractivity contribution in [3.8, 4) is 0 Å². The van der Waals surface area contributed by atoms with Crippen molar-refractivity contribution in [3.05, 3.63) is 29.3 Å². The number of anilines is 1. The summed E-state index contributed by atoms with van der Waals surface area (Å²) in [7, 11) is 1.73. The van der Waals surface area contributed by atoms with Crippen molar-refractivity contribution in [1.29, 1.82) is 0 Å². The standard InChI is InChI=1S/C13H20N2O/c1-16-9-8-14-6-4-11-2-3-13-12(10-11)5-7-15-13/h2-3,10,14-15H,4-9H2,1H3. The van der Waals surface area contributed by atoms with Crippen LogP contribution in [-0.4, -0.2) is 33.4 Å². The quantitative estimate of drug-likeness (QED) is 0.712. The molecule has 1 heterocycles. The molecule has 0 saturated heterocycles. The first-order chi connectivity index (χ1) is 7.90. The summed E-state index contributed by atoms with van der Waals surface area (Å²) in [6.45, 7) is 3.83. The van der Waals surface area contributed by atoms with Gasteiger partial charge in [0.2, 0.25) is 0 Å². The smallest absolute Gasteiger partial charge is 0.0587 e. The maximum absolute atomic E-state index is 4.98. The second-order valence-corrected chi connectivity index (χ2v) is 4.16. The highest BCUT2D eigenvalue weighted by molar-refractivity contribution is 5.56. The van der Waals surface area contributed by atoms with Gasteiger partial charge < -0.3 is 15.4 Å². The molecule has 0 aliphatic carbocycles. The second-order valence-electron chi connectivity index (χ2n) is 4.16. The molecule has 0 amide bonds. The topological polar surface area (TPSA) is 33.3 Å². The van der Waals surface area contributed by atoms with Crippen molar-refractivity contribution in [2.45, 2.75) is 12.8 Å². The molecule has 1 aromatic rings. The SMILES string of the molecule is COCCNCCc1ccc2c(c1)CCN2. The summed E-state index contributed by atoms with van der Waals surface area (Å²) in [6.07, 6.45) is 2.26. The zero-order valence-corrected chi connectivity index (χ0v) is 9.88. The van der Waals surface area contributed by atoms with Gasteiger partial charge in [-0.3, -0.25) is 0 Å². The molecule has 3 nitrogen and oxygen atoms in total. The third-order valence-corrected chi connectivity index (χ3v) is 2.95. The molecule has 0 atom stereocenters. The minimum Gasteiger partial charge on any atom is -0.384 e. The van der Waals surface area contributed by atoms with Gasteiger partial charge in [0.15, 0.2) is 0 Å². The van der Waals surface area contributed by atoms with Crippen molar-refractivity contribution in [2.75, 3.05) is 38.7 Å². The number of rotatable bonds is 6. The van der Waals surface area contributed by atoms with Gasteiger partial charge in [-0.1, -0.05) is 12.1 Å². The lowest BCUT2D eigenvalue weighted by Crippen LogP contribution is -2.21.